The molecule has 0 amide bonds. The lowest BCUT2D eigenvalue weighted by molar-refractivity contribution is 0.0699. The lowest BCUT2D eigenvalue weighted by Gasteiger charge is -2.18. The molecule has 1 heterocycles. The normalized spacial score (nSPS) is 10.5. The Bertz CT molecular complexity index is 651. The van der Waals surface area contributed by atoms with Crippen molar-refractivity contribution in [3.63, 3.8) is 0 Å². The number of hydrogen-bond acceptors (Lipinski definition) is 4. The van der Waals surface area contributed by atoms with Gasteiger partial charge in [0.25, 0.3) is 0 Å². The molecule has 0 fully saturated rings. The number of aromatic carboxylic acids is 1. The van der Waals surface area contributed by atoms with Crippen LogP contribution in [0.1, 0.15) is 16.1 Å². The SMILES string of the molecule is COc1ccc(C(=O)O)c2c(N(C)C)cc(C)nc12. The van der Waals surface area contributed by atoms with Crippen LogP contribution in [0, 0.1) is 6.92 Å². The van der Waals surface area contributed by atoms with E-state index in [0.29, 0.717) is 16.7 Å². The molecule has 19 heavy (non-hydrogen) atoms. The molecule has 100 valence electrons. The third kappa shape index (κ3) is 2.19. The van der Waals surface area contributed by atoms with Gasteiger partial charge in [0.15, 0.2) is 0 Å². The number of aryl methyl sites for hydroxylation is 1. The first-order valence-corrected chi connectivity index (χ1v) is 5.84. The number of carbonyl (C=O) groups is 1. The molecule has 0 spiro atoms. The molecule has 1 aromatic carbocycles. The summed E-state index contributed by atoms with van der Waals surface area (Å²) in [5.74, 6) is -0.395. The number of hydrogen-bond donors (Lipinski definition) is 1. The van der Waals surface area contributed by atoms with Crippen molar-refractivity contribution in [2.75, 3.05) is 26.1 Å². The van der Waals surface area contributed by atoms with E-state index in [1.165, 1.54) is 0 Å². The van der Waals surface area contributed by atoms with E-state index in [0.717, 1.165) is 11.4 Å². The van der Waals surface area contributed by atoms with Gasteiger partial charge in [-0.2, -0.15) is 0 Å². The molecule has 2 rings (SSSR count). The van der Waals surface area contributed by atoms with E-state index in [1.54, 1.807) is 19.2 Å². The summed E-state index contributed by atoms with van der Waals surface area (Å²) < 4.78 is 5.28. The van der Waals surface area contributed by atoms with Gasteiger partial charge < -0.3 is 14.7 Å². The highest BCUT2D eigenvalue weighted by Gasteiger charge is 2.18. The molecule has 0 aliphatic rings. The van der Waals surface area contributed by atoms with Gasteiger partial charge in [0.05, 0.1) is 12.7 Å². The molecule has 2 aromatic rings. The standard InChI is InChI=1S/C14H16N2O3/c1-8-7-10(16(2)3)12-9(14(17)18)5-6-11(19-4)13(12)15-8/h5-7H,1-4H3,(H,17,18). The molecular weight excluding hydrogens is 244 g/mol. The Kier molecular flexibility index (Phi) is 3.29. The Balaban J connectivity index is 2.97. The zero-order valence-electron chi connectivity index (χ0n) is 11.4. The third-order valence-corrected chi connectivity index (χ3v) is 2.96. The molecule has 0 saturated carbocycles. The maximum absolute atomic E-state index is 11.4. The quantitative estimate of drug-likeness (QED) is 0.917. The van der Waals surface area contributed by atoms with Gasteiger partial charge in [-0.3, -0.25) is 0 Å². The number of anilines is 1. The minimum absolute atomic E-state index is 0.229. The van der Waals surface area contributed by atoms with Crippen LogP contribution < -0.4 is 9.64 Å². The Morgan fingerprint density at radius 1 is 1.37 bits per heavy atom. The number of nitrogens with zero attached hydrogens (tertiary/aromatic N) is 2. The van der Waals surface area contributed by atoms with E-state index >= 15 is 0 Å². The van der Waals surface area contributed by atoms with Crippen LogP contribution in [0.4, 0.5) is 5.69 Å². The van der Waals surface area contributed by atoms with Crippen molar-refractivity contribution >= 4 is 22.6 Å². The smallest absolute Gasteiger partial charge is 0.336 e. The van der Waals surface area contributed by atoms with Crippen molar-refractivity contribution in [1.29, 1.82) is 0 Å². The summed E-state index contributed by atoms with van der Waals surface area (Å²) in [5.41, 5.74) is 2.44. The summed E-state index contributed by atoms with van der Waals surface area (Å²) in [4.78, 5) is 17.7. The molecule has 0 aliphatic heterocycles. The Morgan fingerprint density at radius 3 is 2.58 bits per heavy atom. The topological polar surface area (TPSA) is 62.7 Å². The summed E-state index contributed by atoms with van der Waals surface area (Å²) in [6.07, 6.45) is 0. The van der Waals surface area contributed by atoms with E-state index in [2.05, 4.69) is 4.98 Å². The van der Waals surface area contributed by atoms with Gasteiger partial charge in [-0.1, -0.05) is 0 Å². The highest BCUT2D eigenvalue weighted by atomic mass is 16.5. The van der Waals surface area contributed by atoms with Crippen LogP contribution in [0.2, 0.25) is 0 Å². The minimum Gasteiger partial charge on any atom is -0.494 e. The molecule has 5 heteroatoms. The maximum atomic E-state index is 11.4. The van der Waals surface area contributed by atoms with Gasteiger partial charge in [0.1, 0.15) is 11.3 Å². The zero-order chi connectivity index (χ0) is 14.2. The van der Waals surface area contributed by atoms with Crippen molar-refractivity contribution < 1.29 is 14.6 Å². The first-order valence-electron chi connectivity index (χ1n) is 5.84. The van der Waals surface area contributed by atoms with Crippen LogP contribution in [-0.4, -0.2) is 37.3 Å². The molecular formula is C14H16N2O3. The van der Waals surface area contributed by atoms with Crippen molar-refractivity contribution in [2.45, 2.75) is 6.92 Å². The Morgan fingerprint density at radius 2 is 2.05 bits per heavy atom. The van der Waals surface area contributed by atoms with E-state index in [4.69, 9.17) is 4.74 Å². The molecule has 0 saturated heterocycles. The van der Waals surface area contributed by atoms with Gasteiger partial charge in [-0.05, 0) is 25.1 Å². The highest BCUT2D eigenvalue weighted by molar-refractivity contribution is 6.09. The Labute approximate surface area is 111 Å². The summed E-state index contributed by atoms with van der Waals surface area (Å²) in [7, 11) is 5.30. The number of benzene rings is 1. The molecule has 1 N–H and O–H groups in total. The van der Waals surface area contributed by atoms with E-state index in [-0.39, 0.29) is 5.56 Å². The first-order chi connectivity index (χ1) is 8.95. The fourth-order valence-electron chi connectivity index (χ4n) is 2.12. The van der Waals surface area contributed by atoms with E-state index in [9.17, 15) is 9.90 Å². The second kappa shape index (κ2) is 4.76. The molecule has 0 radical (unpaired) electrons. The number of methoxy groups -OCH3 is 1. The molecule has 0 unspecified atom stereocenters. The lowest BCUT2D eigenvalue weighted by Crippen LogP contribution is -2.12. The van der Waals surface area contributed by atoms with Crippen molar-refractivity contribution in [1.82, 2.24) is 4.98 Å². The predicted octanol–water partition coefficient (Wildman–Crippen LogP) is 2.32. The Hall–Kier alpha value is -2.30. The molecule has 5 nitrogen and oxygen atoms in total. The van der Waals surface area contributed by atoms with Crippen molar-refractivity contribution in [3.05, 3.63) is 29.5 Å². The predicted molar refractivity (Wildman–Crippen MR) is 74.3 cm³/mol. The molecule has 0 atom stereocenters. The van der Waals surface area contributed by atoms with Crippen molar-refractivity contribution in [2.24, 2.45) is 0 Å². The largest absolute Gasteiger partial charge is 0.494 e. The van der Waals surface area contributed by atoms with Crippen molar-refractivity contribution in [3.8, 4) is 5.75 Å². The van der Waals surface area contributed by atoms with E-state index < -0.39 is 5.97 Å². The van der Waals surface area contributed by atoms with Gasteiger partial charge in [0, 0.05) is 30.9 Å². The summed E-state index contributed by atoms with van der Waals surface area (Å²) in [6.45, 7) is 1.87. The number of carboxylic acids is 1. The second-order valence-corrected chi connectivity index (χ2v) is 4.52. The number of aromatic nitrogens is 1. The second-order valence-electron chi connectivity index (χ2n) is 4.52. The maximum Gasteiger partial charge on any atom is 0.336 e. The number of ether oxygens (including phenoxy) is 1. The zero-order valence-corrected chi connectivity index (χ0v) is 11.4. The molecule has 0 bridgehead atoms. The van der Waals surface area contributed by atoms with Crippen LogP contribution in [0.5, 0.6) is 5.75 Å². The fraction of sp³-hybridized carbons (Fsp3) is 0.286. The van der Waals surface area contributed by atoms with Crippen LogP contribution in [0.25, 0.3) is 10.9 Å². The monoisotopic (exact) mass is 260 g/mol. The summed E-state index contributed by atoms with van der Waals surface area (Å²) in [5, 5.41) is 9.93. The molecule has 1 aromatic heterocycles. The lowest BCUT2D eigenvalue weighted by atomic mass is 10.0. The van der Waals surface area contributed by atoms with Crippen LogP contribution in [-0.2, 0) is 0 Å². The third-order valence-electron chi connectivity index (χ3n) is 2.96. The van der Waals surface area contributed by atoms with E-state index in [1.807, 2.05) is 32.0 Å². The van der Waals surface area contributed by atoms with Gasteiger partial charge in [-0.25, -0.2) is 9.78 Å². The average molecular weight is 260 g/mol. The summed E-state index contributed by atoms with van der Waals surface area (Å²) >= 11 is 0. The van der Waals surface area contributed by atoms with Crippen LogP contribution in [0.15, 0.2) is 18.2 Å². The summed E-state index contributed by atoms with van der Waals surface area (Å²) in [6, 6.07) is 5.05. The van der Waals surface area contributed by atoms with Crippen LogP contribution >= 0.6 is 0 Å². The fourth-order valence-corrected chi connectivity index (χ4v) is 2.12. The van der Waals surface area contributed by atoms with Gasteiger partial charge >= 0.3 is 5.97 Å². The molecule has 0 aliphatic carbocycles. The average Bonchev–Trinajstić information content (AvgIpc) is 2.35. The van der Waals surface area contributed by atoms with Gasteiger partial charge in [-0.15, -0.1) is 0 Å². The number of pyridine rings is 1. The minimum atomic E-state index is -0.971. The number of fused-ring (bicyclic) bond motifs is 1. The first kappa shape index (κ1) is 13.1. The number of rotatable bonds is 3. The van der Waals surface area contributed by atoms with Crippen LogP contribution in [0.3, 0.4) is 0 Å². The highest BCUT2D eigenvalue weighted by Crippen LogP contribution is 2.34. The van der Waals surface area contributed by atoms with Gasteiger partial charge in [0.2, 0.25) is 0 Å². The number of carboxylic acid groups (broad SMARTS) is 1.